The summed E-state index contributed by atoms with van der Waals surface area (Å²) < 4.78 is 31.3. The molecule has 0 spiro atoms. The Labute approximate surface area is 244 Å². The van der Waals surface area contributed by atoms with Gasteiger partial charge in [-0.05, 0) is 38.1 Å². The number of nitrogens with one attached hydrogen (secondary N) is 2. The van der Waals surface area contributed by atoms with Gasteiger partial charge in [-0.3, -0.25) is 9.69 Å². The summed E-state index contributed by atoms with van der Waals surface area (Å²) in [5.74, 6) is 0.665. The topological polar surface area (TPSA) is 137 Å². The zero-order valence-electron chi connectivity index (χ0n) is 23.4. The number of hydrogen-bond donors (Lipinski definition) is 2. The molecule has 2 heterocycles. The molecule has 41 heavy (non-hydrogen) atoms. The van der Waals surface area contributed by atoms with Crippen molar-refractivity contribution < 1.29 is 22.7 Å². The molecule has 1 saturated heterocycles. The van der Waals surface area contributed by atoms with Crippen LogP contribution in [0.3, 0.4) is 0 Å². The first-order valence-corrected chi connectivity index (χ1v) is 14.7. The number of amides is 3. The largest absolute Gasteiger partial charge is 0.494 e. The summed E-state index contributed by atoms with van der Waals surface area (Å²) in [6.07, 6.45) is 1.39. The highest BCUT2D eigenvalue weighted by molar-refractivity contribution is 7.92. The molecule has 12 nitrogen and oxygen atoms in total. The lowest BCUT2D eigenvalue weighted by atomic mass is 10.2. The Hall–Kier alpha value is -4.10. The SMILES string of the molecule is COc1cc(N2CCN(CC(=O)N(C)C)C2=O)ccc1Nc1ncc(Cl)c(Nc2ccccc2S(=O)(=O)C(C)C)n1. The Bertz CT molecular complexity index is 1570. The fourth-order valence-electron chi connectivity index (χ4n) is 4.06. The molecule has 4 rings (SSSR count). The second-order valence-electron chi connectivity index (χ2n) is 9.76. The minimum Gasteiger partial charge on any atom is -0.494 e. The molecule has 218 valence electrons. The van der Waals surface area contributed by atoms with E-state index in [-0.39, 0.29) is 40.2 Å². The van der Waals surface area contributed by atoms with Crippen LogP contribution in [0, 0.1) is 0 Å². The zero-order chi connectivity index (χ0) is 29.9. The standard InChI is InChI=1S/C27H32ClN7O5S/c1-17(2)41(38,39)23-9-7-6-8-21(23)30-25-19(28)15-29-26(32-25)31-20-11-10-18(14-22(20)40-5)35-13-12-34(27(35)37)16-24(36)33(3)4/h6-11,14-15,17H,12-13,16H2,1-5H3,(H2,29,30,31,32). The number of benzene rings is 2. The molecule has 2 N–H and O–H groups in total. The second-order valence-corrected chi connectivity index (χ2v) is 12.6. The zero-order valence-corrected chi connectivity index (χ0v) is 25.0. The first-order chi connectivity index (χ1) is 19.4. The number of rotatable bonds is 10. The molecule has 1 aromatic heterocycles. The minimum absolute atomic E-state index is 0.0112. The van der Waals surface area contributed by atoms with E-state index >= 15 is 0 Å². The molecule has 0 bridgehead atoms. The van der Waals surface area contributed by atoms with Gasteiger partial charge in [0, 0.05) is 38.9 Å². The number of halogens is 1. The van der Waals surface area contributed by atoms with E-state index in [9.17, 15) is 18.0 Å². The summed E-state index contributed by atoms with van der Waals surface area (Å²) in [4.78, 5) is 38.4. The van der Waals surface area contributed by atoms with Crippen LogP contribution >= 0.6 is 11.6 Å². The van der Waals surface area contributed by atoms with Gasteiger partial charge in [-0.2, -0.15) is 4.98 Å². The highest BCUT2D eigenvalue weighted by Gasteiger charge is 2.31. The molecule has 1 aliphatic heterocycles. The summed E-state index contributed by atoms with van der Waals surface area (Å²) in [5, 5.41) is 5.69. The number of hydrogen-bond acceptors (Lipinski definition) is 9. The van der Waals surface area contributed by atoms with Crippen LogP contribution in [0.5, 0.6) is 5.75 Å². The highest BCUT2D eigenvalue weighted by atomic mass is 35.5. The van der Waals surface area contributed by atoms with Gasteiger partial charge in [-0.15, -0.1) is 0 Å². The number of ether oxygens (including phenoxy) is 1. The fourth-order valence-corrected chi connectivity index (χ4v) is 5.40. The van der Waals surface area contributed by atoms with Crippen LogP contribution in [0.2, 0.25) is 5.02 Å². The summed E-state index contributed by atoms with van der Waals surface area (Å²) in [6.45, 7) is 4.10. The van der Waals surface area contributed by atoms with E-state index in [2.05, 4.69) is 20.6 Å². The molecule has 0 radical (unpaired) electrons. The van der Waals surface area contributed by atoms with Crippen molar-refractivity contribution >= 4 is 62.2 Å². The van der Waals surface area contributed by atoms with Gasteiger partial charge >= 0.3 is 6.03 Å². The number of carbonyl (C=O) groups excluding carboxylic acids is 2. The lowest BCUT2D eigenvalue weighted by molar-refractivity contribution is -0.129. The summed E-state index contributed by atoms with van der Waals surface area (Å²) in [5.41, 5.74) is 1.48. The third-order valence-electron chi connectivity index (χ3n) is 6.47. The predicted octanol–water partition coefficient (Wildman–Crippen LogP) is 4.14. The number of urea groups is 1. The van der Waals surface area contributed by atoms with Gasteiger partial charge in [0.2, 0.25) is 11.9 Å². The fraction of sp³-hybridized carbons (Fsp3) is 0.333. The molecule has 1 fully saturated rings. The third kappa shape index (κ3) is 6.46. The number of carbonyl (C=O) groups is 2. The van der Waals surface area contributed by atoms with E-state index in [0.717, 1.165) is 0 Å². The van der Waals surface area contributed by atoms with E-state index in [1.807, 2.05) is 0 Å². The van der Waals surface area contributed by atoms with Crippen LogP contribution in [0.15, 0.2) is 53.6 Å². The van der Waals surface area contributed by atoms with Gasteiger partial charge in [-0.25, -0.2) is 18.2 Å². The van der Waals surface area contributed by atoms with Crippen LogP contribution < -0.4 is 20.3 Å². The lowest BCUT2D eigenvalue weighted by Crippen LogP contribution is -2.39. The van der Waals surface area contributed by atoms with Gasteiger partial charge in [0.25, 0.3) is 0 Å². The number of sulfone groups is 1. The monoisotopic (exact) mass is 601 g/mol. The van der Waals surface area contributed by atoms with Crippen LogP contribution in [-0.2, 0) is 14.6 Å². The van der Waals surface area contributed by atoms with Crippen LogP contribution in [0.4, 0.5) is 33.6 Å². The Morgan fingerprint density at radius 1 is 1.12 bits per heavy atom. The maximum absolute atomic E-state index is 12.9. The van der Waals surface area contributed by atoms with Crippen molar-refractivity contribution in [3.63, 3.8) is 0 Å². The van der Waals surface area contributed by atoms with Crippen molar-refractivity contribution in [2.24, 2.45) is 0 Å². The van der Waals surface area contributed by atoms with Crippen molar-refractivity contribution in [3.05, 3.63) is 53.7 Å². The quantitative estimate of drug-likeness (QED) is 0.351. The van der Waals surface area contributed by atoms with E-state index < -0.39 is 15.1 Å². The van der Waals surface area contributed by atoms with E-state index in [1.54, 1.807) is 69.2 Å². The third-order valence-corrected chi connectivity index (χ3v) is 8.96. The molecule has 0 saturated carbocycles. The maximum Gasteiger partial charge on any atom is 0.325 e. The molecular weight excluding hydrogens is 570 g/mol. The second kappa shape index (κ2) is 12.2. The summed E-state index contributed by atoms with van der Waals surface area (Å²) in [7, 11) is 1.23. The van der Waals surface area contributed by atoms with Crippen molar-refractivity contribution in [1.82, 2.24) is 19.8 Å². The van der Waals surface area contributed by atoms with Gasteiger partial charge in [0.1, 0.15) is 17.3 Å². The molecule has 1 aliphatic rings. The molecule has 0 unspecified atom stereocenters. The van der Waals surface area contributed by atoms with Crippen molar-refractivity contribution in [2.75, 3.05) is 56.4 Å². The van der Waals surface area contributed by atoms with Crippen molar-refractivity contribution in [3.8, 4) is 5.75 Å². The van der Waals surface area contributed by atoms with Gasteiger partial charge in [-0.1, -0.05) is 23.7 Å². The minimum atomic E-state index is -3.57. The number of nitrogens with zero attached hydrogens (tertiary/aromatic N) is 5. The molecular formula is C27H32ClN7O5S. The summed E-state index contributed by atoms with van der Waals surface area (Å²) in [6, 6.07) is 11.5. The normalized spacial score (nSPS) is 13.5. The van der Waals surface area contributed by atoms with Crippen LogP contribution in [-0.4, -0.2) is 86.2 Å². The van der Waals surface area contributed by atoms with Crippen LogP contribution in [0.1, 0.15) is 13.8 Å². The van der Waals surface area contributed by atoms with E-state index in [1.165, 1.54) is 29.2 Å². The Kier molecular flexibility index (Phi) is 8.88. The Morgan fingerprint density at radius 3 is 2.54 bits per heavy atom. The molecule has 0 atom stereocenters. The van der Waals surface area contributed by atoms with E-state index in [0.29, 0.717) is 35.9 Å². The Balaban J connectivity index is 1.55. The Morgan fingerprint density at radius 2 is 1.85 bits per heavy atom. The number of aromatic nitrogens is 2. The summed E-state index contributed by atoms with van der Waals surface area (Å²) >= 11 is 6.35. The molecule has 2 aromatic carbocycles. The number of anilines is 5. The number of likely N-dealkylation sites (N-methyl/N-ethyl adjacent to an activating group) is 1. The number of methoxy groups -OCH3 is 1. The first kappa shape index (κ1) is 29.9. The van der Waals surface area contributed by atoms with Crippen LogP contribution in [0.25, 0.3) is 0 Å². The first-order valence-electron chi connectivity index (χ1n) is 12.8. The van der Waals surface area contributed by atoms with Gasteiger partial charge in [0.15, 0.2) is 15.7 Å². The molecule has 3 amide bonds. The molecule has 14 heteroatoms. The van der Waals surface area contributed by atoms with Crippen molar-refractivity contribution in [2.45, 2.75) is 24.0 Å². The molecule has 3 aromatic rings. The average Bonchev–Trinajstić information content (AvgIpc) is 3.30. The number of para-hydroxylation sites is 1. The average molecular weight is 602 g/mol. The maximum atomic E-state index is 12.9. The van der Waals surface area contributed by atoms with E-state index in [4.69, 9.17) is 16.3 Å². The van der Waals surface area contributed by atoms with Crippen molar-refractivity contribution in [1.29, 1.82) is 0 Å². The smallest absolute Gasteiger partial charge is 0.325 e. The molecule has 0 aliphatic carbocycles. The predicted molar refractivity (Wildman–Crippen MR) is 158 cm³/mol. The van der Waals surface area contributed by atoms with Gasteiger partial charge < -0.3 is 25.2 Å². The van der Waals surface area contributed by atoms with Gasteiger partial charge in [0.05, 0.1) is 34.8 Å². The highest BCUT2D eigenvalue weighted by Crippen LogP contribution is 2.34. The lowest BCUT2D eigenvalue weighted by Gasteiger charge is -2.21.